The van der Waals surface area contributed by atoms with E-state index in [0.29, 0.717) is 17.4 Å². The molecule has 4 atom stereocenters. The number of esters is 1. The predicted molar refractivity (Wildman–Crippen MR) is 128 cm³/mol. The Morgan fingerprint density at radius 3 is 2.47 bits per heavy atom. The van der Waals surface area contributed by atoms with Crippen LogP contribution in [0.5, 0.6) is 11.5 Å². The van der Waals surface area contributed by atoms with Gasteiger partial charge in [-0.05, 0) is 76.7 Å². The van der Waals surface area contributed by atoms with E-state index in [1.807, 2.05) is 19.1 Å². The van der Waals surface area contributed by atoms with E-state index in [2.05, 4.69) is 52.3 Å². The zero-order chi connectivity index (χ0) is 23.1. The number of likely N-dealkylation sites (N-methyl/N-ethyl adjacent to an activating group) is 1. The Bertz CT molecular complexity index is 811. The number of rotatable bonds is 7. The summed E-state index contributed by atoms with van der Waals surface area (Å²) in [6.07, 6.45) is 8.35. The van der Waals surface area contributed by atoms with Gasteiger partial charge in [-0.25, -0.2) is 0 Å². The number of benzene rings is 1. The summed E-state index contributed by atoms with van der Waals surface area (Å²) in [4.78, 5) is 13.7. The number of ether oxygens (including phenoxy) is 1. The van der Waals surface area contributed by atoms with E-state index in [4.69, 9.17) is 4.74 Å². The molecule has 0 spiro atoms. The van der Waals surface area contributed by atoms with Gasteiger partial charge >= 0.3 is 0 Å². The molecule has 2 aliphatic rings. The third-order valence-electron chi connectivity index (χ3n) is 6.17. The predicted octanol–water partition coefficient (Wildman–Crippen LogP) is 6.01. The zero-order valence-corrected chi connectivity index (χ0v) is 23.2. The Hall–Kier alpha value is -1.10. The van der Waals surface area contributed by atoms with E-state index in [1.165, 1.54) is 12.1 Å². The van der Waals surface area contributed by atoms with Gasteiger partial charge in [0, 0.05) is 44.2 Å². The Labute approximate surface area is 220 Å². The minimum Gasteiger partial charge on any atom is -0.507 e. The zero-order valence-electron chi connectivity index (χ0n) is 20.3. The van der Waals surface area contributed by atoms with Crippen molar-refractivity contribution < 1.29 is 47.3 Å². The molecule has 0 amide bonds. The second-order valence-corrected chi connectivity index (χ2v) is 9.08. The standard InChI is InChI=1S/C23H31O3.C4H8N.Y/c1-6-7-8-9-18-13-21(25)23(22(14-18)26-17(5)24)20-12-16(4)10-11-19(20)15(2)3;1-4-3-5(4)2;/h12-14,19-20,25H,2,5-11H2,1,3-4H3;4H,1,3H2,2H3;/q2*-1;/t19-,20+;;/m0../s1. The number of allylic oxidation sites excluding steroid dienone is 3. The second-order valence-electron chi connectivity index (χ2n) is 9.08. The molecule has 0 aromatic heterocycles. The van der Waals surface area contributed by atoms with Gasteiger partial charge in [-0.3, -0.25) is 11.7 Å². The van der Waals surface area contributed by atoms with E-state index in [0.717, 1.165) is 49.7 Å². The Kier molecular flexibility index (Phi) is 12.3. The summed E-state index contributed by atoms with van der Waals surface area (Å²) < 4.78 is 5.42. The number of hydrogen-bond acceptors (Lipinski definition) is 4. The van der Waals surface area contributed by atoms with E-state index >= 15 is 0 Å². The number of phenols is 1. The average molecular weight is 515 g/mol. The van der Waals surface area contributed by atoms with Crippen molar-refractivity contribution >= 4 is 5.97 Å². The first-order chi connectivity index (χ1) is 14.6. The van der Waals surface area contributed by atoms with Crippen LogP contribution in [-0.4, -0.2) is 35.6 Å². The molecule has 175 valence electrons. The molecule has 1 aromatic rings. The van der Waals surface area contributed by atoms with E-state index in [-0.39, 0.29) is 50.3 Å². The van der Waals surface area contributed by atoms with Crippen molar-refractivity contribution in [3.05, 3.63) is 60.9 Å². The summed E-state index contributed by atoms with van der Waals surface area (Å²) >= 11 is 0. The van der Waals surface area contributed by atoms with Crippen LogP contribution in [0.4, 0.5) is 0 Å². The molecule has 1 N–H and O–H groups in total. The van der Waals surface area contributed by atoms with Gasteiger partial charge in [-0.2, -0.15) is 0 Å². The number of unbranched alkanes of at least 4 members (excludes halogenated alkanes) is 2. The number of phenolic OH excluding ortho intramolecular Hbond substituents is 1. The molecule has 32 heavy (non-hydrogen) atoms. The summed E-state index contributed by atoms with van der Waals surface area (Å²) in [6.45, 7) is 18.7. The Morgan fingerprint density at radius 1 is 1.34 bits per heavy atom. The molecule has 1 saturated heterocycles. The van der Waals surface area contributed by atoms with E-state index in [1.54, 1.807) is 0 Å². The maximum Gasteiger partial charge on any atom is 0.172 e. The summed E-state index contributed by atoms with van der Waals surface area (Å²) in [6, 6.07) is 4.34. The SMILES string of the molecule is C=C(C)[C@@H]1CCC(C)=C[C@H]1c1c(O)cc(CCCCC)cc1OC([CH2-])=O.[CH2-]C1CN1C.[Y]. The summed E-state index contributed by atoms with van der Waals surface area (Å²) in [5.74, 6) is 0.189. The molecule has 2 unspecified atom stereocenters. The third-order valence-corrected chi connectivity index (χ3v) is 6.17. The van der Waals surface area contributed by atoms with E-state index < -0.39 is 5.97 Å². The largest absolute Gasteiger partial charge is 0.507 e. The van der Waals surface area contributed by atoms with Crippen LogP contribution in [0.3, 0.4) is 0 Å². The molecule has 1 radical (unpaired) electrons. The molecule has 5 heteroatoms. The van der Waals surface area contributed by atoms with Crippen molar-refractivity contribution in [2.24, 2.45) is 5.92 Å². The first-order valence-corrected chi connectivity index (χ1v) is 11.4. The van der Waals surface area contributed by atoms with Crippen molar-refractivity contribution in [2.45, 2.75) is 71.3 Å². The fourth-order valence-corrected chi connectivity index (χ4v) is 4.12. The molecular formula is C27H39NO3Y-2. The first kappa shape index (κ1) is 28.9. The molecule has 0 saturated carbocycles. The van der Waals surface area contributed by atoms with Gasteiger partial charge in [-0.1, -0.05) is 43.6 Å². The van der Waals surface area contributed by atoms with Crippen molar-refractivity contribution in [1.29, 1.82) is 0 Å². The smallest absolute Gasteiger partial charge is 0.172 e. The molecule has 0 bridgehead atoms. The van der Waals surface area contributed by atoms with Crippen LogP contribution in [0.2, 0.25) is 0 Å². The first-order valence-electron chi connectivity index (χ1n) is 11.4. The fraction of sp³-hybridized carbons (Fsp3) is 0.519. The molecule has 1 fully saturated rings. The number of hydrogen-bond donors (Lipinski definition) is 1. The minimum absolute atomic E-state index is 0. The van der Waals surface area contributed by atoms with Crippen molar-refractivity contribution in [1.82, 2.24) is 4.90 Å². The van der Waals surface area contributed by atoms with Crippen LogP contribution < -0.4 is 4.74 Å². The Morgan fingerprint density at radius 2 is 1.97 bits per heavy atom. The van der Waals surface area contributed by atoms with Gasteiger partial charge in [0.15, 0.2) is 5.97 Å². The molecule has 3 rings (SSSR count). The van der Waals surface area contributed by atoms with Gasteiger partial charge < -0.3 is 21.7 Å². The topological polar surface area (TPSA) is 49.5 Å². The number of carbonyl (C=O) groups excluding carboxylic acids is 1. The number of aryl methyl sites for hydroxylation is 1. The van der Waals surface area contributed by atoms with Crippen LogP contribution in [0.1, 0.15) is 69.9 Å². The van der Waals surface area contributed by atoms with E-state index in [9.17, 15) is 9.90 Å². The molecular weight excluding hydrogens is 475 g/mol. The normalized spacial score (nSPS) is 23.7. The maximum absolute atomic E-state index is 11.6. The van der Waals surface area contributed by atoms with Crippen LogP contribution >= 0.6 is 0 Å². The van der Waals surface area contributed by atoms with Crippen molar-refractivity contribution in [3.8, 4) is 11.5 Å². The van der Waals surface area contributed by atoms with Crippen LogP contribution in [0.15, 0.2) is 35.9 Å². The number of aromatic hydroxyl groups is 1. The average Bonchev–Trinajstić information content (AvgIpc) is 3.33. The minimum atomic E-state index is -0.611. The summed E-state index contributed by atoms with van der Waals surface area (Å²) in [5, 5.41) is 10.8. The quantitative estimate of drug-likeness (QED) is 0.121. The molecule has 1 aliphatic carbocycles. The molecule has 1 aliphatic heterocycles. The molecule has 1 aromatic carbocycles. The van der Waals surface area contributed by atoms with Gasteiger partial charge in [-0.15, -0.1) is 6.04 Å². The number of nitrogens with zero attached hydrogens (tertiary/aromatic N) is 1. The monoisotopic (exact) mass is 514 g/mol. The maximum atomic E-state index is 11.6. The van der Waals surface area contributed by atoms with Gasteiger partial charge in [0.1, 0.15) is 11.5 Å². The molecule has 4 nitrogen and oxygen atoms in total. The fourth-order valence-electron chi connectivity index (χ4n) is 4.12. The van der Waals surface area contributed by atoms with Crippen LogP contribution in [0, 0.1) is 19.8 Å². The van der Waals surface area contributed by atoms with Gasteiger partial charge in [0.25, 0.3) is 0 Å². The van der Waals surface area contributed by atoms with Gasteiger partial charge in [0.2, 0.25) is 0 Å². The molecule has 1 heterocycles. The van der Waals surface area contributed by atoms with Crippen molar-refractivity contribution in [3.63, 3.8) is 0 Å². The third kappa shape index (κ3) is 8.69. The van der Waals surface area contributed by atoms with Crippen molar-refractivity contribution in [2.75, 3.05) is 13.6 Å². The van der Waals surface area contributed by atoms with Crippen LogP contribution in [0.25, 0.3) is 0 Å². The number of carbonyl (C=O) groups is 1. The Balaban J connectivity index is 0.000000750. The second kappa shape index (κ2) is 13.6. The summed E-state index contributed by atoms with van der Waals surface area (Å²) in [5.41, 5.74) is 4.02. The van der Waals surface area contributed by atoms with Crippen LogP contribution in [-0.2, 0) is 43.9 Å². The van der Waals surface area contributed by atoms with Gasteiger partial charge in [0.05, 0.1) is 0 Å². The summed E-state index contributed by atoms with van der Waals surface area (Å²) in [7, 11) is 2.07.